The maximum atomic E-state index is 14.0. The molecule has 2 atom stereocenters. The molecule has 0 radical (unpaired) electrons. The Balaban J connectivity index is 1.94. The van der Waals surface area contributed by atoms with Crippen molar-refractivity contribution >= 4 is 22.9 Å². The number of benzene rings is 2. The molecule has 2 unspecified atom stereocenters. The summed E-state index contributed by atoms with van der Waals surface area (Å²) in [6, 6.07) is 14.0. The smallest absolute Gasteiger partial charge is 0.257 e. The molecule has 1 heterocycles. The van der Waals surface area contributed by atoms with Crippen LogP contribution in [0, 0.1) is 5.82 Å². The van der Waals surface area contributed by atoms with Gasteiger partial charge in [-0.1, -0.05) is 42.1 Å². The predicted molar refractivity (Wildman–Crippen MR) is 82.7 cm³/mol. The maximum Gasteiger partial charge on any atom is 0.257 e. The number of hydrogen-bond donors (Lipinski definition) is 1. The molecule has 0 fully saturated rings. The average molecular weight is 302 g/mol. The number of halogens is 1. The summed E-state index contributed by atoms with van der Waals surface area (Å²) < 4.78 is 19.7. The van der Waals surface area contributed by atoms with Crippen LogP contribution in [0.3, 0.4) is 0 Å². The van der Waals surface area contributed by atoms with Crippen LogP contribution in [0.15, 0.2) is 58.2 Å². The first-order chi connectivity index (χ1) is 10.1. The predicted octanol–water partition coefficient (Wildman–Crippen LogP) is 4.15. The Morgan fingerprint density at radius 2 is 1.86 bits per heavy atom. The highest BCUT2D eigenvalue weighted by Crippen LogP contribution is 2.38. The van der Waals surface area contributed by atoms with Crippen molar-refractivity contribution in [1.29, 1.82) is 0 Å². The number of oxazole rings is 1. The molecule has 0 aliphatic heterocycles. The SMILES string of the molecule is CC(N)C(Sc1nc2ccccc2o1)c1ccccc1F. The van der Waals surface area contributed by atoms with E-state index in [0.29, 0.717) is 10.8 Å². The standard InChI is InChI=1S/C16H15FN2OS/c1-10(18)15(11-6-2-3-7-12(11)17)21-16-19-13-8-4-5-9-14(13)20-16/h2-10,15H,18H2,1H3. The third kappa shape index (κ3) is 2.94. The lowest BCUT2D eigenvalue weighted by Crippen LogP contribution is -2.23. The third-order valence-corrected chi connectivity index (χ3v) is 4.50. The Kier molecular flexibility index (Phi) is 3.94. The lowest BCUT2D eigenvalue weighted by molar-refractivity contribution is 0.486. The van der Waals surface area contributed by atoms with Crippen molar-refractivity contribution in [3.05, 3.63) is 59.9 Å². The summed E-state index contributed by atoms with van der Waals surface area (Å²) >= 11 is 1.35. The van der Waals surface area contributed by atoms with Gasteiger partial charge in [-0.05, 0) is 25.1 Å². The molecule has 21 heavy (non-hydrogen) atoms. The number of nitrogens with two attached hydrogens (primary N) is 1. The van der Waals surface area contributed by atoms with Gasteiger partial charge in [-0.15, -0.1) is 0 Å². The van der Waals surface area contributed by atoms with E-state index in [9.17, 15) is 4.39 Å². The zero-order valence-electron chi connectivity index (χ0n) is 11.5. The Morgan fingerprint density at radius 3 is 2.57 bits per heavy atom. The highest BCUT2D eigenvalue weighted by atomic mass is 32.2. The molecule has 0 aliphatic rings. The van der Waals surface area contributed by atoms with E-state index in [0.717, 1.165) is 11.1 Å². The summed E-state index contributed by atoms with van der Waals surface area (Å²) in [5.41, 5.74) is 8.10. The van der Waals surface area contributed by atoms with Crippen LogP contribution < -0.4 is 5.73 Å². The molecule has 5 heteroatoms. The molecule has 2 N–H and O–H groups in total. The summed E-state index contributed by atoms with van der Waals surface area (Å²) in [5.74, 6) is -0.261. The quantitative estimate of drug-likeness (QED) is 0.736. The van der Waals surface area contributed by atoms with Gasteiger partial charge in [-0.3, -0.25) is 0 Å². The number of thioether (sulfide) groups is 1. The average Bonchev–Trinajstić information content (AvgIpc) is 2.88. The number of hydrogen-bond acceptors (Lipinski definition) is 4. The van der Waals surface area contributed by atoms with Gasteiger partial charge in [0.1, 0.15) is 11.3 Å². The van der Waals surface area contributed by atoms with Crippen LogP contribution >= 0.6 is 11.8 Å². The summed E-state index contributed by atoms with van der Waals surface area (Å²) in [6.45, 7) is 1.85. The highest BCUT2D eigenvalue weighted by molar-refractivity contribution is 7.99. The second-order valence-corrected chi connectivity index (χ2v) is 5.96. The Bertz CT molecular complexity index is 724. The van der Waals surface area contributed by atoms with Gasteiger partial charge >= 0.3 is 0 Å². The third-order valence-electron chi connectivity index (χ3n) is 3.19. The largest absolute Gasteiger partial charge is 0.431 e. The maximum absolute atomic E-state index is 14.0. The van der Waals surface area contributed by atoms with E-state index in [1.54, 1.807) is 18.2 Å². The van der Waals surface area contributed by atoms with Crippen LogP contribution in [-0.2, 0) is 0 Å². The minimum atomic E-state index is -0.261. The Labute approximate surface area is 126 Å². The van der Waals surface area contributed by atoms with Crippen LogP contribution in [-0.4, -0.2) is 11.0 Å². The lowest BCUT2D eigenvalue weighted by atomic mass is 10.1. The summed E-state index contributed by atoms with van der Waals surface area (Å²) in [5, 5.41) is 0.251. The van der Waals surface area contributed by atoms with Crippen molar-refractivity contribution in [1.82, 2.24) is 4.98 Å². The van der Waals surface area contributed by atoms with Crippen molar-refractivity contribution in [2.75, 3.05) is 0 Å². The molecule has 0 spiro atoms. The normalized spacial score (nSPS) is 14.2. The Morgan fingerprint density at radius 1 is 1.14 bits per heavy atom. The molecule has 0 saturated carbocycles. The van der Waals surface area contributed by atoms with E-state index in [4.69, 9.17) is 10.2 Å². The molecule has 0 bridgehead atoms. The number of nitrogens with zero attached hydrogens (tertiary/aromatic N) is 1. The first-order valence-electron chi connectivity index (χ1n) is 6.67. The van der Waals surface area contributed by atoms with Gasteiger partial charge in [0, 0.05) is 11.6 Å². The van der Waals surface area contributed by atoms with E-state index in [2.05, 4.69) is 4.98 Å². The highest BCUT2D eigenvalue weighted by Gasteiger charge is 2.23. The Hall–Kier alpha value is -1.85. The molecule has 3 rings (SSSR count). The monoisotopic (exact) mass is 302 g/mol. The van der Waals surface area contributed by atoms with E-state index in [1.165, 1.54) is 17.8 Å². The van der Waals surface area contributed by atoms with E-state index < -0.39 is 0 Å². The van der Waals surface area contributed by atoms with Gasteiger partial charge in [0.25, 0.3) is 5.22 Å². The van der Waals surface area contributed by atoms with Crippen LogP contribution in [0.4, 0.5) is 4.39 Å². The molecule has 1 aromatic heterocycles. The van der Waals surface area contributed by atoms with Crippen LogP contribution in [0.1, 0.15) is 17.7 Å². The van der Waals surface area contributed by atoms with Crippen LogP contribution in [0.25, 0.3) is 11.1 Å². The fourth-order valence-electron chi connectivity index (χ4n) is 2.17. The van der Waals surface area contributed by atoms with Gasteiger partial charge in [0.2, 0.25) is 0 Å². The topological polar surface area (TPSA) is 52.0 Å². The zero-order valence-corrected chi connectivity index (χ0v) is 12.3. The summed E-state index contributed by atoms with van der Waals surface area (Å²) in [7, 11) is 0. The van der Waals surface area contributed by atoms with Crippen molar-refractivity contribution in [3.63, 3.8) is 0 Å². The van der Waals surface area contributed by atoms with Gasteiger partial charge in [0.05, 0.1) is 5.25 Å². The molecular weight excluding hydrogens is 287 g/mol. The van der Waals surface area contributed by atoms with E-state index in [1.807, 2.05) is 31.2 Å². The van der Waals surface area contributed by atoms with Gasteiger partial charge in [0.15, 0.2) is 5.58 Å². The first-order valence-corrected chi connectivity index (χ1v) is 7.55. The van der Waals surface area contributed by atoms with Gasteiger partial charge in [-0.25, -0.2) is 9.37 Å². The molecule has 3 nitrogen and oxygen atoms in total. The molecule has 2 aromatic carbocycles. The van der Waals surface area contributed by atoms with Crippen molar-refractivity contribution < 1.29 is 8.81 Å². The van der Waals surface area contributed by atoms with Crippen molar-refractivity contribution in [2.24, 2.45) is 5.73 Å². The van der Waals surface area contributed by atoms with Crippen LogP contribution in [0.5, 0.6) is 0 Å². The van der Waals surface area contributed by atoms with Crippen molar-refractivity contribution in [3.8, 4) is 0 Å². The minimum absolute atomic E-state index is 0.234. The molecule has 3 aromatic rings. The summed E-state index contributed by atoms with van der Waals surface area (Å²) in [6.07, 6.45) is 0. The second-order valence-electron chi connectivity index (χ2n) is 4.87. The first kappa shape index (κ1) is 14.1. The van der Waals surface area contributed by atoms with E-state index in [-0.39, 0.29) is 17.1 Å². The molecule has 0 saturated heterocycles. The van der Waals surface area contributed by atoms with Crippen molar-refractivity contribution in [2.45, 2.75) is 23.4 Å². The second kappa shape index (κ2) is 5.87. The van der Waals surface area contributed by atoms with Crippen LogP contribution in [0.2, 0.25) is 0 Å². The molecule has 108 valence electrons. The fourth-order valence-corrected chi connectivity index (χ4v) is 3.21. The lowest BCUT2D eigenvalue weighted by Gasteiger charge is -2.19. The number of aromatic nitrogens is 1. The molecular formula is C16H15FN2OS. The van der Waals surface area contributed by atoms with E-state index >= 15 is 0 Å². The molecule has 0 amide bonds. The van der Waals surface area contributed by atoms with Gasteiger partial charge < -0.3 is 10.2 Å². The van der Waals surface area contributed by atoms with Gasteiger partial charge in [-0.2, -0.15) is 0 Å². The molecule has 0 aliphatic carbocycles. The number of rotatable bonds is 4. The number of fused-ring (bicyclic) bond motifs is 1. The summed E-state index contributed by atoms with van der Waals surface area (Å²) in [4.78, 5) is 4.41. The minimum Gasteiger partial charge on any atom is -0.431 e. The fraction of sp³-hybridized carbons (Fsp3) is 0.188. The zero-order chi connectivity index (χ0) is 14.8. The number of para-hydroxylation sites is 2.